The molecule has 98 valence electrons. The Morgan fingerprint density at radius 2 is 2.11 bits per heavy atom. The van der Waals surface area contributed by atoms with Crippen LogP contribution >= 0.6 is 0 Å². The maximum atomic E-state index is 11.5. The highest BCUT2D eigenvalue weighted by Gasteiger charge is 2.04. The van der Waals surface area contributed by atoms with Gasteiger partial charge < -0.3 is 9.47 Å². The van der Waals surface area contributed by atoms with Crippen LogP contribution in [0.25, 0.3) is 6.08 Å². The van der Waals surface area contributed by atoms with Crippen LogP contribution in [0.1, 0.15) is 32.8 Å². The average Bonchev–Trinajstić information content (AvgIpc) is 2.37. The fraction of sp³-hybridized carbons (Fsp3) is 0.400. The highest BCUT2D eigenvalue weighted by atomic mass is 16.5. The molecule has 1 rings (SSSR count). The lowest BCUT2D eigenvalue weighted by molar-refractivity contribution is -0.138. The number of carbonyl (C=O) groups is 1. The van der Waals surface area contributed by atoms with Crippen molar-refractivity contribution < 1.29 is 14.3 Å². The van der Waals surface area contributed by atoms with Crippen LogP contribution in [0.4, 0.5) is 0 Å². The molecule has 0 unspecified atom stereocenters. The van der Waals surface area contributed by atoms with E-state index in [0.717, 1.165) is 17.7 Å². The Morgan fingerprint density at radius 3 is 2.78 bits per heavy atom. The molecule has 0 atom stereocenters. The summed E-state index contributed by atoms with van der Waals surface area (Å²) in [6.07, 6.45) is 2.78. The molecule has 3 nitrogen and oxygen atoms in total. The topological polar surface area (TPSA) is 35.5 Å². The number of hydrogen-bond donors (Lipinski definition) is 0. The van der Waals surface area contributed by atoms with Crippen molar-refractivity contribution in [3.63, 3.8) is 0 Å². The van der Waals surface area contributed by atoms with Crippen molar-refractivity contribution in [1.82, 2.24) is 0 Å². The number of hydrogen-bond acceptors (Lipinski definition) is 3. The number of carbonyl (C=O) groups excluding carboxylic acids is 1. The van der Waals surface area contributed by atoms with Crippen molar-refractivity contribution in [2.24, 2.45) is 0 Å². The minimum Gasteiger partial charge on any atom is -0.494 e. The van der Waals surface area contributed by atoms with Gasteiger partial charge in [0, 0.05) is 5.57 Å². The molecule has 18 heavy (non-hydrogen) atoms. The molecule has 0 spiro atoms. The SMILES string of the molecule is CCCOc1cccc(/C=C(/C)C(=O)OCC)c1. The van der Waals surface area contributed by atoms with Gasteiger partial charge in [-0.1, -0.05) is 19.1 Å². The molecule has 0 saturated carbocycles. The van der Waals surface area contributed by atoms with Gasteiger partial charge in [-0.2, -0.15) is 0 Å². The minimum atomic E-state index is -0.280. The predicted octanol–water partition coefficient (Wildman–Crippen LogP) is 3.44. The van der Waals surface area contributed by atoms with Gasteiger partial charge in [-0.3, -0.25) is 0 Å². The molecule has 1 aromatic rings. The standard InChI is InChI=1S/C15H20O3/c1-4-9-18-14-8-6-7-13(11-14)10-12(3)15(16)17-5-2/h6-8,10-11H,4-5,9H2,1-3H3/b12-10-. The smallest absolute Gasteiger partial charge is 0.333 e. The summed E-state index contributed by atoms with van der Waals surface area (Å²) in [4.78, 5) is 11.5. The zero-order valence-corrected chi connectivity index (χ0v) is 11.2. The molecule has 0 saturated heterocycles. The van der Waals surface area contributed by atoms with Gasteiger partial charge in [0.15, 0.2) is 0 Å². The van der Waals surface area contributed by atoms with E-state index >= 15 is 0 Å². The molecule has 1 aromatic carbocycles. The molecule has 0 aromatic heterocycles. The van der Waals surface area contributed by atoms with E-state index in [9.17, 15) is 4.79 Å². The number of rotatable bonds is 6. The highest BCUT2D eigenvalue weighted by molar-refractivity contribution is 5.93. The van der Waals surface area contributed by atoms with Gasteiger partial charge in [-0.25, -0.2) is 4.79 Å². The van der Waals surface area contributed by atoms with Crippen molar-refractivity contribution >= 4 is 12.0 Å². The Balaban J connectivity index is 2.77. The van der Waals surface area contributed by atoms with E-state index in [4.69, 9.17) is 9.47 Å². The van der Waals surface area contributed by atoms with E-state index in [-0.39, 0.29) is 5.97 Å². The van der Waals surface area contributed by atoms with Gasteiger partial charge in [0.25, 0.3) is 0 Å². The van der Waals surface area contributed by atoms with Crippen molar-refractivity contribution in [1.29, 1.82) is 0 Å². The maximum Gasteiger partial charge on any atom is 0.333 e. The second kappa shape index (κ2) is 7.54. The lowest BCUT2D eigenvalue weighted by Gasteiger charge is -2.06. The normalized spacial score (nSPS) is 11.2. The van der Waals surface area contributed by atoms with Gasteiger partial charge in [-0.05, 0) is 44.0 Å². The molecule has 0 fully saturated rings. The van der Waals surface area contributed by atoms with Crippen molar-refractivity contribution in [2.75, 3.05) is 13.2 Å². The van der Waals surface area contributed by atoms with Crippen LogP contribution in [0.3, 0.4) is 0 Å². The fourth-order valence-corrected chi connectivity index (χ4v) is 1.47. The maximum absolute atomic E-state index is 11.5. The quantitative estimate of drug-likeness (QED) is 0.571. The third-order valence-corrected chi connectivity index (χ3v) is 2.31. The number of esters is 1. The van der Waals surface area contributed by atoms with Gasteiger partial charge in [0.1, 0.15) is 5.75 Å². The van der Waals surface area contributed by atoms with Crippen LogP contribution in [-0.2, 0) is 9.53 Å². The molecule has 3 heteroatoms. The molecule has 0 aliphatic heterocycles. The van der Waals surface area contributed by atoms with E-state index in [1.165, 1.54) is 0 Å². The summed E-state index contributed by atoms with van der Waals surface area (Å²) in [5.41, 5.74) is 1.53. The first-order valence-corrected chi connectivity index (χ1v) is 6.25. The summed E-state index contributed by atoms with van der Waals surface area (Å²) >= 11 is 0. The molecule has 0 radical (unpaired) electrons. The van der Waals surface area contributed by atoms with Crippen LogP contribution in [-0.4, -0.2) is 19.2 Å². The van der Waals surface area contributed by atoms with Crippen molar-refractivity contribution in [3.8, 4) is 5.75 Å². The number of benzene rings is 1. The van der Waals surface area contributed by atoms with Crippen molar-refractivity contribution in [3.05, 3.63) is 35.4 Å². The van der Waals surface area contributed by atoms with Crippen LogP contribution < -0.4 is 4.74 Å². The lowest BCUT2D eigenvalue weighted by atomic mass is 10.1. The third-order valence-electron chi connectivity index (χ3n) is 2.31. The molecular formula is C15H20O3. The van der Waals surface area contributed by atoms with Crippen LogP contribution in [0.15, 0.2) is 29.8 Å². The largest absolute Gasteiger partial charge is 0.494 e. The zero-order chi connectivity index (χ0) is 13.4. The molecule has 0 aliphatic rings. The Labute approximate surface area is 108 Å². The predicted molar refractivity (Wildman–Crippen MR) is 72.5 cm³/mol. The van der Waals surface area contributed by atoms with E-state index in [1.807, 2.05) is 24.3 Å². The molecule has 0 amide bonds. The van der Waals surface area contributed by atoms with Crippen LogP contribution in [0.5, 0.6) is 5.75 Å². The monoisotopic (exact) mass is 248 g/mol. The minimum absolute atomic E-state index is 0.280. The van der Waals surface area contributed by atoms with Crippen molar-refractivity contribution in [2.45, 2.75) is 27.2 Å². The first-order valence-electron chi connectivity index (χ1n) is 6.25. The second-order valence-corrected chi connectivity index (χ2v) is 3.97. The highest BCUT2D eigenvalue weighted by Crippen LogP contribution is 2.16. The van der Waals surface area contributed by atoms with Crippen LogP contribution in [0.2, 0.25) is 0 Å². The van der Waals surface area contributed by atoms with E-state index in [1.54, 1.807) is 19.9 Å². The second-order valence-electron chi connectivity index (χ2n) is 3.97. The molecule has 0 N–H and O–H groups in total. The molecular weight excluding hydrogens is 228 g/mol. The zero-order valence-electron chi connectivity index (χ0n) is 11.2. The first-order chi connectivity index (χ1) is 8.67. The van der Waals surface area contributed by atoms with E-state index < -0.39 is 0 Å². The first kappa shape index (κ1) is 14.3. The summed E-state index contributed by atoms with van der Waals surface area (Å²) in [6, 6.07) is 7.67. The average molecular weight is 248 g/mol. The molecule has 0 aliphatic carbocycles. The van der Waals surface area contributed by atoms with Gasteiger partial charge in [-0.15, -0.1) is 0 Å². The van der Waals surface area contributed by atoms with E-state index in [0.29, 0.717) is 18.8 Å². The Morgan fingerprint density at radius 1 is 1.33 bits per heavy atom. The lowest BCUT2D eigenvalue weighted by Crippen LogP contribution is -2.04. The Kier molecular flexibility index (Phi) is 5.98. The Bertz CT molecular complexity index is 422. The fourth-order valence-electron chi connectivity index (χ4n) is 1.47. The summed E-state index contributed by atoms with van der Waals surface area (Å²) in [5, 5.41) is 0. The van der Waals surface area contributed by atoms with Gasteiger partial charge in [0.2, 0.25) is 0 Å². The third kappa shape index (κ3) is 4.62. The Hall–Kier alpha value is -1.77. The van der Waals surface area contributed by atoms with E-state index in [2.05, 4.69) is 6.92 Å². The molecule has 0 heterocycles. The van der Waals surface area contributed by atoms with Gasteiger partial charge in [0.05, 0.1) is 13.2 Å². The summed E-state index contributed by atoms with van der Waals surface area (Å²) in [7, 11) is 0. The molecule has 0 bridgehead atoms. The summed E-state index contributed by atoms with van der Waals surface area (Å²) in [5.74, 6) is 0.541. The van der Waals surface area contributed by atoms with Crippen LogP contribution in [0, 0.1) is 0 Å². The van der Waals surface area contributed by atoms with Gasteiger partial charge >= 0.3 is 5.97 Å². The summed E-state index contributed by atoms with van der Waals surface area (Å²) in [6.45, 7) is 6.70. The number of ether oxygens (including phenoxy) is 2. The summed E-state index contributed by atoms with van der Waals surface area (Å²) < 4.78 is 10.5.